The van der Waals surface area contributed by atoms with Crippen molar-refractivity contribution in [2.24, 2.45) is 0 Å². The average molecular weight is 214 g/mol. The van der Waals surface area contributed by atoms with Crippen LogP contribution in [0.4, 0.5) is 0 Å². The van der Waals surface area contributed by atoms with Crippen LogP contribution < -0.4 is 5.32 Å². The number of thioether (sulfide) groups is 1. The molecule has 0 aliphatic carbocycles. The molecule has 80 valence electrons. The summed E-state index contributed by atoms with van der Waals surface area (Å²) in [5, 5.41) is 4.70. The molecule has 0 aliphatic rings. The highest BCUT2D eigenvalue weighted by Crippen LogP contribution is 2.24. The van der Waals surface area contributed by atoms with Crippen LogP contribution in [0.3, 0.4) is 0 Å². The first-order valence-corrected chi connectivity index (χ1v) is 5.95. The zero-order chi connectivity index (χ0) is 10.4. The molecule has 0 saturated heterocycles. The monoisotopic (exact) mass is 214 g/mol. The van der Waals surface area contributed by atoms with Gasteiger partial charge in [-0.25, -0.2) is 4.98 Å². The second-order valence-corrected chi connectivity index (χ2v) is 4.52. The smallest absolute Gasteiger partial charge is 0.255 e. The van der Waals surface area contributed by atoms with Gasteiger partial charge in [0.15, 0.2) is 0 Å². The summed E-state index contributed by atoms with van der Waals surface area (Å²) >= 11 is 1.68. The van der Waals surface area contributed by atoms with Crippen molar-refractivity contribution in [2.45, 2.75) is 43.7 Å². The summed E-state index contributed by atoms with van der Waals surface area (Å²) in [6.07, 6.45) is 4.43. The van der Waals surface area contributed by atoms with E-state index in [0.29, 0.717) is 11.3 Å². The topological polar surface area (TPSA) is 38.1 Å². The zero-order valence-electron chi connectivity index (χ0n) is 8.99. The summed E-state index contributed by atoms with van der Waals surface area (Å²) in [4.78, 5) is 4.10. The molecule has 0 spiro atoms. The Morgan fingerprint density at radius 2 is 2.36 bits per heavy atom. The molecule has 2 unspecified atom stereocenters. The summed E-state index contributed by atoms with van der Waals surface area (Å²) in [5.41, 5.74) is 0. The number of rotatable bonds is 6. The molecule has 1 heterocycles. The van der Waals surface area contributed by atoms with Crippen molar-refractivity contribution in [3.63, 3.8) is 0 Å². The minimum absolute atomic E-state index is 0.485. The van der Waals surface area contributed by atoms with E-state index >= 15 is 0 Å². The van der Waals surface area contributed by atoms with Gasteiger partial charge in [0.1, 0.15) is 6.26 Å². The Labute approximate surface area is 89.7 Å². The van der Waals surface area contributed by atoms with Gasteiger partial charge in [-0.2, -0.15) is 0 Å². The fraction of sp³-hybridized carbons (Fsp3) is 0.700. The molecule has 2 atom stereocenters. The van der Waals surface area contributed by atoms with Crippen LogP contribution in [0.1, 0.15) is 27.2 Å². The molecule has 0 fully saturated rings. The molecule has 0 saturated carbocycles. The molecule has 1 rings (SSSR count). The maximum absolute atomic E-state index is 5.20. The summed E-state index contributed by atoms with van der Waals surface area (Å²) in [5.74, 6) is 0. The summed E-state index contributed by atoms with van der Waals surface area (Å²) in [6.45, 7) is 7.53. The van der Waals surface area contributed by atoms with Crippen molar-refractivity contribution < 1.29 is 4.42 Å². The van der Waals surface area contributed by atoms with Crippen molar-refractivity contribution in [3.05, 3.63) is 12.5 Å². The van der Waals surface area contributed by atoms with Crippen LogP contribution in [0.2, 0.25) is 0 Å². The Balaban J connectivity index is 2.43. The molecule has 1 N–H and O–H groups in total. The molecular weight excluding hydrogens is 196 g/mol. The average Bonchev–Trinajstić information content (AvgIpc) is 2.66. The predicted molar refractivity (Wildman–Crippen MR) is 59.6 cm³/mol. The van der Waals surface area contributed by atoms with E-state index in [1.54, 1.807) is 24.2 Å². The van der Waals surface area contributed by atoms with E-state index in [2.05, 4.69) is 31.1 Å². The number of nitrogens with one attached hydrogen (secondary N) is 1. The minimum atomic E-state index is 0.485. The lowest BCUT2D eigenvalue weighted by molar-refractivity contribution is 0.448. The van der Waals surface area contributed by atoms with Crippen molar-refractivity contribution in [3.8, 4) is 0 Å². The minimum Gasteiger partial charge on any atom is -0.440 e. The first-order valence-electron chi connectivity index (χ1n) is 5.07. The van der Waals surface area contributed by atoms with Gasteiger partial charge in [-0.05, 0) is 13.0 Å². The normalized spacial score (nSPS) is 15.4. The SMILES string of the molecule is CCNC(CC)C(C)Sc1ncco1. The van der Waals surface area contributed by atoms with E-state index in [-0.39, 0.29) is 0 Å². The maximum atomic E-state index is 5.20. The van der Waals surface area contributed by atoms with E-state index in [0.717, 1.165) is 18.2 Å². The Kier molecular flexibility index (Phi) is 5.04. The summed E-state index contributed by atoms with van der Waals surface area (Å²) in [7, 11) is 0. The molecule has 0 radical (unpaired) electrons. The number of nitrogens with zero attached hydrogens (tertiary/aromatic N) is 1. The standard InChI is InChI=1S/C10H18N2OS/c1-4-9(11-5-2)8(3)14-10-12-6-7-13-10/h6-9,11H,4-5H2,1-3H3. The Morgan fingerprint density at radius 1 is 1.57 bits per heavy atom. The van der Waals surface area contributed by atoms with Crippen molar-refractivity contribution in [2.75, 3.05) is 6.54 Å². The van der Waals surface area contributed by atoms with Crippen LogP contribution in [0.15, 0.2) is 22.1 Å². The quantitative estimate of drug-likeness (QED) is 0.739. The molecule has 4 heteroatoms. The fourth-order valence-electron chi connectivity index (χ4n) is 1.41. The highest BCUT2D eigenvalue weighted by atomic mass is 32.2. The summed E-state index contributed by atoms with van der Waals surface area (Å²) in [6, 6.07) is 0.525. The molecule has 1 aromatic heterocycles. The van der Waals surface area contributed by atoms with Gasteiger partial charge in [-0.15, -0.1) is 0 Å². The molecule has 1 aromatic rings. The predicted octanol–water partition coefficient (Wildman–Crippen LogP) is 2.54. The number of hydrogen-bond donors (Lipinski definition) is 1. The van der Waals surface area contributed by atoms with E-state index in [1.165, 1.54) is 0 Å². The van der Waals surface area contributed by atoms with Gasteiger partial charge in [-0.3, -0.25) is 0 Å². The van der Waals surface area contributed by atoms with E-state index < -0.39 is 0 Å². The third kappa shape index (κ3) is 3.35. The molecule has 0 amide bonds. The van der Waals surface area contributed by atoms with Gasteiger partial charge < -0.3 is 9.73 Å². The van der Waals surface area contributed by atoms with Crippen LogP contribution in [0, 0.1) is 0 Å². The molecular formula is C10H18N2OS. The van der Waals surface area contributed by atoms with Crippen molar-refractivity contribution in [1.29, 1.82) is 0 Å². The Hall–Kier alpha value is -0.480. The lowest BCUT2D eigenvalue weighted by Crippen LogP contribution is -2.35. The van der Waals surface area contributed by atoms with Crippen LogP contribution in [0.25, 0.3) is 0 Å². The molecule has 0 aromatic carbocycles. The first-order chi connectivity index (χ1) is 6.77. The molecule has 0 bridgehead atoms. The van der Waals surface area contributed by atoms with Crippen LogP contribution in [0.5, 0.6) is 0 Å². The van der Waals surface area contributed by atoms with Gasteiger partial charge in [0.2, 0.25) is 0 Å². The number of aromatic nitrogens is 1. The van der Waals surface area contributed by atoms with Gasteiger partial charge in [0, 0.05) is 11.3 Å². The number of hydrogen-bond acceptors (Lipinski definition) is 4. The third-order valence-corrected chi connectivity index (χ3v) is 3.27. The second kappa shape index (κ2) is 6.09. The zero-order valence-corrected chi connectivity index (χ0v) is 9.80. The van der Waals surface area contributed by atoms with Gasteiger partial charge >= 0.3 is 0 Å². The highest BCUT2D eigenvalue weighted by Gasteiger charge is 2.16. The van der Waals surface area contributed by atoms with E-state index in [4.69, 9.17) is 4.42 Å². The van der Waals surface area contributed by atoms with Crippen LogP contribution in [-0.2, 0) is 0 Å². The molecule has 14 heavy (non-hydrogen) atoms. The van der Waals surface area contributed by atoms with Crippen molar-refractivity contribution >= 4 is 11.8 Å². The van der Waals surface area contributed by atoms with Crippen molar-refractivity contribution in [1.82, 2.24) is 10.3 Å². The fourth-order valence-corrected chi connectivity index (χ4v) is 2.42. The Morgan fingerprint density at radius 3 is 2.86 bits per heavy atom. The Bertz CT molecular complexity index is 238. The molecule has 3 nitrogen and oxygen atoms in total. The lowest BCUT2D eigenvalue weighted by Gasteiger charge is -2.21. The molecule has 0 aliphatic heterocycles. The van der Waals surface area contributed by atoms with E-state index in [1.807, 2.05) is 0 Å². The second-order valence-electron chi connectivity index (χ2n) is 3.19. The maximum Gasteiger partial charge on any atom is 0.255 e. The third-order valence-electron chi connectivity index (χ3n) is 2.17. The highest BCUT2D eigenvalue weighted by molar-refractivity contribution is 7.99. The first kappa shape index (κ1) is 11.6. The van der Waals surface area contributed by atoms with Gasteiger partial charge in [0.25, 0.3) is 5.22 Å². The van der Waals surface area contributed by atoms with Crippen LogP contribution in [-0.4, -0.2) is 22.8 Å². The lowest BCUT2D eigenvalue weighted by atomic mass is 10.2. The summed E-state index contributed by atoms with van der Waals surface area (Å²) < 4.78 is 5.20. The van der Waals surface area contributed by atoms with Gasteiger partial charge in [-0.1, -0.05) is 32.5 Å². The van der Waals surface area contributed by atoms with Gasteiger partial charge in [0.05, 0.1) is 6.20 Å². The van der Waals surface area contributed by atoms with Crippen LogP contribution >= 0.6 is 11.8 Å². The number of oxazole rings is 1. The largest absolute Gasteiger partial charge is 0.440 e. The van der Waals surface area contributed by atoms with E-state index in [9.17, 15) is 0 Å².